The second-order valence-corrected chi connectivity index (χ2v) is 6.45. The third kappa shape index (κ3) is 2.95. The molecule has 4 rings (SSSR count). The summed E-state index contributed by atoms with van der Waals surface area (Å²) in [5.74, 6) is -0.283. The van der Waals surface area contributed by atoms with Gasteiger partial charge >= 0.3 is 0 Å². The van der Waals surface area contributed by atoms with Crippen LogP contribution in [-0.2, 0) is 0 Å². The molecular formula is C19H18FN3O3. The second-order valence-electron chi connectivity index (χ2n) is 6.45. The Morgan fingerprint density at radius 2 is 2.04 bits per heavy atom. The fraction of sp³-hybridized carbons (Fsp3) is 0.263. The van der Waals surface area contributed by atoms with Crippen molar-refractivity contribution in [3.63, 3.8) is 0 Å². The van der Waals surface area contributed by atoms with Crippen LogP contribution < -0.4 is 10.8 Å². The van der Waals surface area contributed by atoms with E-state index in [1.165, 1.54) is 12.1 Å². The molecule has 6 nitrogen and oxygen atoms in total. The Morgan fingerprint density at radius 1 is 1.23 bits per heavy atom. The maximum atomic E-state index is 14.7. The monoisotopic (exact) mass is 355 g/mol. The summed E-state index contributed by atoms with van der Waals surface area (Å²) in [7, 11) is 0. The maximum Gasteiger partial charge on any atom is 0.274 e. The summed E-state index contributed by atoms with van der Waals surface area (Å²) in [4.78, 5) is 11.6. The molecule has 3 N–H and O–H groups in total. The highest BCUT2D eigenvalue weighted by Crippen LogP contribution is 2.33. The predicted octanol–water partition coefficient (Wildman–Crippen LogP) is 3.22. The largest absolute Gasteiger partial charge is 0.355 e. The average Bonchev–Trinajstić information content (AvgIpc) is 3.11. The molecule has 26 heavy (non-hydrogen) atoms. The number of piperidine rings is 1. The van der Waals surface area contributed by atoms with E-state index in [0.717, 1.165) is 31.5 Å². The Hall–Kier alpha value is -2.77. The first-order valence-corrected chi connectivity index (χ1v) is 8.52. The second kappa shape index (κ2) is 6.86. The molecule has 134 valence electrons. The number of hydrogen-bond acceptors (Lipinski definition) is 5. The van der Waals surface area contributed by atoms with Gasteiger partial charge in [0.05, 0.1) is 5.39 Å². The molecule has 1 aliphatic rings. The van der Waals surface area contributed by atoms with Gasteiger partial charge in [-0.2, -0.15) is 0 Å². The summed E-state index contributed by atoms with van der Waals surface area (Å²) in [5, 5.41) is 16.6. The molecule has 0 unspecified atom stereocenters. The van der Waals surface area contributed by atoms with Gasteiger partial charge in [-0.15, -0.1) is 0 Å². The topological polar surface area (TPSA) is 87.4 Å². The lowest BCUT2D eigenvalue weighted by Gasteiger charge is -2.23. The van der Waals surface area contributed by atoms with E-state index in [0.29, 0.717) is 22.2 Å². The molecule has 0 bridgehead atoms. The van der Waals surface area contributed by atoms with Crippen LogP contribution in [-0.4, -0.2) is 29.4 Å². The summed E-state index contributed by atoms with van der Waals surface area (Å²) < 4.78 is 20.1. The van der Waals surface area contributed by atoms with E-state index in [4.69, 9.17) is 9.73 Å². The molecule has 3 aromatic rings. The van der Waals surface area contributed by atoms with E-state index >= 15 is 0 Å². The number of nitrogens with one attached hydrogen (secondary N) is 2. The lowest BCUT2D eigenvalue weighted by atomic mass is 9.89. The minimum atomic E-state index is -0.633. The zero-order valence-corrected chi connectivity index (χ0v) is 14.0. The number of hydroxylamine groups is 1. The molecule has 0 radical (unpaired) electrons. The van der Waals surface area contributed by atoms with E-state index in [1.54, 1.807) is 23.7 Å². The number of halogens is 1. The first-order valence-electron chi connectivity index (χ1n) is 8.52. The lowest BCUT2D eigenvalue weighted by molar-refractivity contribution is 0.0706. The van der Waals surface area contributed by atoms with Crippen molar-refractivity contribution >= 4 is 16.8 Å². The summed E-state index contributed by atoms with van der Waals surface area (Å²) in [5.41, 5.74) is 3.69. The van der Waals surface area contributed by atoms with Gasteiger partial charge in [-0.1, -0.05) is 17.3 Å². The normalized spacial score (nSPS) is 15.3. The number of nitrogens with zero attached hydrogens (tertiary/aromatic N) is 1. The van der Waals surface area contributed by atoms with Gasteiger partial charge in [0.1, 0.15) is 11.3 Å². The van der Waals surface area contributed by atoms with Gasteiger partial charge in [0.2, 0.25) is 0 Å². The van der Waals surface area contributed by atoms with Crippen LogP contribution in [0.15, 0.2) is 40.9 Å². The number of fused-ring (bicyclic) bond motifs is 1. The molecular weight excluding hydrogens is 337 g/mol. The summed E-state index contributed by atoms with van der Waals surface area (Å²) >= 11 is 0. The fourth-order valence-corrected chi connectivity index (χ4v) is 3.49. The first-order chi connectivity index (χ1) is 12.7. The van der Waals surface area contributed by atoms with Crippen molar-refractivity contribution in [2.24, 2.45) is 0 Å². The van der Waals surface area contributed by atoms with Gasteiger partial charge in [0.15, 0.2) is 5.76 Å². The Balaban J connectivity index is 1.73. The van der Waals surface area contributed by atoms with Gasteiger partial charge in [-0.05, 0) is 61.7 Å². The van der Waals surface area contributed by atoms with Crippen molar-refractivity contribution in [1.82, 2.24) is 16.0 Å². The zero-order valence-electron chi connectivity index (χ0n) is 14.0. The van der Waals surface area contributed by atoms with E-state index < -0.39 is 5.91 Å². The third-order valence-electron chi connectivity index (χ3n) is 4.88. The van der Waals surface area contributed by atoms with Crippen molar-refractivity contribution in [3.05, 3.63) is 53.3 Å². The van der Waals surface area contributed by atoms with Gasteiger partial charge < -0.3 is 9.84 Å². The zero-order chi connectivity index (χ0) is 18.1. The van der Waals surface area contributed by atoms with Crippen LogP contribution in [0.3, 0.4) is 0 Å². The molecule has 0 spiro atoms. The molecule has 1 aliphatic heterocycles. The van der Waals surface area contributed by atoms with Crippen molar-refractivity contribution in [2.45, 2.75) is 18.8 Å². The summed E-state index contributed by atoms with van der Waals surface area (Å²) in [6.45, 7) is 1.79. The predicted molar refractivity (Wildman–Crippen MR) is 93.5 cm³/mol. The number of carbonyl (C=O) groups is 1. The number of aromatic nitrogens is 1. The molecule has 1 amide bonds. The Morgan fingerprint density at radius 3 is 2.77 bits per heavy atom. The number of amides is 1. The van der Waals surface area contributed by atoms with Crippen LogP contribution in [0.4, 0.5) is 4.39 Å². The van der Waals surface area contributed by atoms with Gasteiger partial charge in [0.25, 0.3) is 5.91 Å². The molecule has 0 aliphatic carbocycles. The summed E-state index contributed by atoms with van der Waals surface area (Å²) in [6, 6.07) is 9.79. The molecule has 0 saturated carbocycles. The van der Waals surface area contributed by atoms with Crippen molar-refractivity contribution in [2.75, 3.05) is 13.1 Å². The Bertz CT molecular complexity index is 964. The molecule has 2 heterocycles. The van der Waals surface area contributed by atoms with E-state index in [9.17, 15) is 9.18 Å². The highest BCUT2D eigenvalue weighted by molar-refractivity contribution is 6.00. The van der Waals surface area contributed by atoms with E-state index in [2.05, 4.69) is 10.5 Å². The van der Waals surface area contributed by atoms with Crippen molar-refractivity contribution in [3.8, 4) is 11.3 Å². The molecule has 2 aromatic carbocycles. The van der Waals surface area contributed by atoms with Crippen LogP contribution in [0, 0.1) is 5.82 Å². The smallest absolute Gasteiger partial charge is 0.274 e. The average molecular weight is 355 g/mol. The standard InChI is InChI=1S/C19H18FN3O3/c20-16-10-12(1-3-14(16)11-5-7-21-8-6-11)18-15-9-13(19(24)22-25)2-4-17(15)23-26-18/h1-4,9-11,21,25H,5-8H2,(H,22,24). The van der Waals surface area contributed by atoms with Crippen LogP contribution in [0.25, 0.3) is 22.2 Å². The van der Waals surface area contributed by atoms with Gasteiger partial charge in [0, 0.05) is 11.1 Å². The number of benzene rings is 2. The highest BCUT2D eigenvalue weighted by atomic mass is 19.1. The highest BCUT2D eigenvalue weighted by Gasteiger charge is 2.20. The maximum absolute atomic E-state index is 14.7. The molecule has 1 aromatic heterocycles. The molecule has 1 fully saturated rings. The lowest BCUT2D eigenvalue weighted by Crippen LogP contribution is -2.27. The van der Waals surface area contributed by atoms with E-state index in [-0.39, 0.29) is 17.3 Å². The van der Waals surface area contributed by atoms with Crippen LogP contribution in [0.5, 0.6) is 0 Å². The summed E-state index contributed by atoms with van der Waals surface area (Å²) in [6.07, 6.45) is 1.84. The quantitative estimate of drug-likeness (QED) is 0.496. The number of rotatable bonds is 3. The third-order valence-corrected chi connectivity index (χ3v) is 4.88. The molecule has 1 saturated heterocycles. The van der Waals surface area contributed by atoms with Crippen LogP contribution in [0.2, 0.25) is 0 Å². The Labute approximate surface area is 148 Å². The first kappa shape index (κ1) is 16.7. The molecule has 0 atom stereocenters. The molecule has 7 heteroatoms. The van der Waals surface area contributed by atoms with Crippen molar-refractivity contribution in [1.29, 1.82) is 0 Å². The SMILES string of the molecule is O=C(NO)c1ccc2noc(-c3ccc(C4CCNCC4)c(F)c3)c2c1. The number of carbonyl (C=O) groups excluding carboxylic acids is 1. The van der Waals surface area contributed by atoms with Crippen molar-refractivity contribution < 1.29 is 18.9 Å². The van der Waals surface area contributed by atoms with E-state index in [1.807, 2.05) is 6.07 Å². The Kier molecular flexibility index (Phi) is 4.40. The van der Waals surface area contributed by atoms with Crippen LogP contribution in [0.1, 0.15) is 34.7 Å². The minimum Gasteiger partial charge on any atom is -0.355 e. The van der Waals surface area contributed by atoms with Gasteiger partial charge in [-0.3, -0.25) is 10.0 Å². The van der Waals surface area contributed by atoms with Gasteiger partial charge in [-0.25, -0.2) is 9.87 Å². The fourth-order valence-electron chi connectivity index (χ4n) is 3.49. The minimum absolute atomic E-state index is 0.219. The van der Waals surface area contributed by atoms with Crippen LogP contribution >= 0.6 is 0 Å². The number of hydrogen-bond donors (Lipinski definition) is 3.